The van der Waals surface area contributed by atoms with Crippen molar-refractivity contribution in [1.29, 1.82) is 0 Å². The molecule has 176 valence electrons. The van der Waals surface area contributed by atoms with Crippen LogP contribution < -0.4 is 16.4 Å². The predicted octanol–water partition coefficient (Wildman–Crippen LogP) is 1.48. The molecule has 0 bridgehead atoms. The van der Waals surface area contributed by atoms with Gasteiger partial charge in [0.1, 0.15) is 5.54 Å². The average Bonchev–Trinajstić information content (AvgIpc) is 3.41. The molecular formula is C26H28N4O4. The number of hydrogen-bond acceptors (Lipinski definition) is 5. The van der Waals surface area contributed by atoms with Gasteiger partial charge < -0.3 is 11.1 Å². The number of primary amides is 1. The molecule has 34 heavy (non-hydrogen) atoms. The van der Waals surface area contributed by atoms with E-state index in [4.69, 9.17) is 5.73 Å². The van der Waals surface area contributed by atoms with Crippen molar-refractivity contribution in [3.05, 3.63) is 65.2 Å². The first-order valence-corrected chi connectivity index (χ1v) is 11.8. The van der Waals surface area contributed by atoms with Crippen molar-refractivity contribution in [2.45, 2.75) is 44.2 Å². The number of rotatable bonds is 7. The van der Waals surface area contributed by atoms with Crippen molar-refractivity contribution >= 4 is 29.3 Å². The molecule has 4 amide bonds. The molecule has 8 heteroatoms. The average molecular weight is 461 g/mol. The van der Waals surface area contributed by atoms with E-state index in [0.717, 1.165) is 17.5 Å². The van der Waals surface area contributed by atoms with Gasteiger partial charge in [-0.25, -0.2) is 0 Å². The van der Waals surface area contributed by atoms with Gasteiger partial charge in [0.05, 0.1) is 11.8 Å². The second kappa shape index (κ2) is 8.36. The van der Waals surface area contributed by atoms with Crippen LogP contribution >= 0.6 is 0 Å². The molecule has 1 spiro atoms. The zero-order valence-corrected chi connectivity index (χ0v) is 19.0. The number of aryl methyl sites for hydroxylation is 1. The van der Waals surface area contributed by atoms with Gasteiger partial charge in [0.25, 0.3) is 0 Å². The van der Waals surface area contributed by atoms with Gasteiger partial charge in [-0.2, -0.15) is 0 Å². The number of anilines is 1. The van der Waals surface area contributed by atoms with Crippen LogP contribution in [0.1, 0.15) is 36.5 Å². The van der Waals surface area contributed by atoms with Crippen LogP contribution in [0.15, 0.2) is 48.5 Å². The van der Waals surface area contributed by atoms with Crippen LogP contribution in [-0.4, -0.2) is 41.1 Å². The minimum atomic E-state index is -1.35. The molecule has 8 nitrogen and oxygen atoms in total. The third-order valence-electron chi connectivity index (χ3n) is 7.45. The predicted molar refractivity (Wildman–Crippen MR) is 125 cm³/mol. The molecule has 3 heterocycles. The number of fused-ring (bicyclic) bond motifs is 4. The summed E-state index contributed by atoms with van der Waals surface area (Å²) in [4.78, 5) is 53.6. The summed E-state index contributed by atoms with van der Waals surface area (Å²) in [5, 5.41) is 6.26. The Morgan fingerprint density at radius 3 is 2.53 bits per heavy atom. The maximum absolute atomic E-state index is 13.8. The van der Waals surface area contributed by atoms with Crippen LogP contribution in [0.25, 0.3) is 0 Å². The van der Waals surface area contributed by atoms with Crippen LogP contribution in [-0.2, 0) is 37.6 Å². The smallest absolute Gasteiger partial charge is 0.250 e. The number of amides is 4. The number of carbonyl (C=O) groups excluding carboxylic acids is 4. The first-order chi connectivity index (χ1) is 16.4. The van der Waals surface area contributed by atoms with E-state index in [1.807, 2.05) is 55.5 Å². The summed E-state index contributed by atoms with van der Waals surface area (Å²) >= 11 is 0. The highest BCUT2D eigenvalue weighted by molar-refractivity contribution is 6.15. The summed E-state index contributed by atoms with van der Waals surface area (Å²) in [6.07, 6.45) is 1.64. The van der Waals surface area contributed by atoms with Gasteiger partial charge in [0.15, 0.2) is 0 Å². The second-order valence-corrected chi connectivity index (χ2v) is 9.32. The lowest BCUT2D eigenvalue weighted by Crippen LogP contribution is -2.53. The summed E-state index contributed by atoms with van der Waals surface area (Å²) in [6.45, 7) is 2.27. The van der Waals surface area contributed by atoms with Gasteiger partial charge in [-0.1, -0.05) is 49.4 Å². The van der Waals surface area contributed by atoms with E-state index in [1.165, 1.54) is 4.90 Å². The Morgan fingerprint density at radius 1 is 1.06 bits per heavy atom. The van der Waals surface area contributed by atoms with Crippen molar-refractivity contribution in [2.75, 3.05) is 11.9 Å². The third-order valence-corrected chi connectivity index (χ3v) is 7.45. The first-order valence-electron chi connectivity index (χ1n) is 11.8. The van der Waals surface area contributed by atoms with E-state index in [2.05, 4.69) is 10.6 Å². The van der Waals surface area contributed by atoms with E-state index in [1.54, 1.807) is 0 Å². The maximum atomic E-state index is 13.8. The molecule has 0 saturated carbocycles. The number of carbonyl (C=O) groups is 4. The Hall–Kier alpha value is -3.52. The molecule has 0 radical (unpaired) electrons. The molecule has 2 aromatic carbocycles. The number of nitrogens with zero attached hydrogens (tertiary/aromatic N) is 1. The van der Waals surface area contributed by atoms with E-state index in [0.29, 0.717) is 17.7 Å². The highest BCUT2D eigenvalue weighted by Gasteiger charge is 2.70. The third kappa shape index (κ3) is 3.32. The fourth-order valence-electron chi connectivity index (χ4n) is 5.78. The van der Waals surface area contributed by atoms with Gasteiger partial charge in [0.2, 0.25) is 23.6 Å². The number of benzene rings is 2. The normalized spacial score (nSPS) is 27.3. The van der Waals surface area contributed by atoms with E-state index >= 15 is 0 Å². The Morgan fingerprint density at radius 2 is 1.82 bits per heavy atom. The van der Waals surface area contributed by atoms with Gasteiger partial charge in [-0.05, 0) is 36.5 Å². The van der Waals surface area contributed by atoms with Gasteiger partial charge in [-0.15, -0.1) is 0 Å². The summed E-state index contributed by atoms with van der Waals surface area (Å²) in [6, 6.07) is 14.9. The molecule has 2 aromatic rings. The second-order valence-electron chi connectivity index (χ2n) is 9.32. The number of nitrogens with two attached hydrogens (primary N) is 1. The Balaban J connectivity index is 1.54. The summed E-state index contributed by atoms with van der Waals surface area (Å²) in [5.74, 6) is -3.06. The summed E-state index contributed by atoms with van der Waals surface area (Å²) in [5.41, 5.74) is 7.44. The van der Waals surface area contributed by atoms with Crippen LogP contribution in [0.5, 0.6) is 0 Å². The number of imide groups is 1. The van der Waals surface area contributed by atoms with Crippen LogP contribution in [0.4, 0.5) is 5.69 Å². The molecular weight excluding hydrogens is 432 g/mol. The van der Waals surface area contributed by atoms with E-state index in [-0.39, 0.29) is 37.1 Å². The summed E-state index contributed by atoms with van der Waals surface area (Å²) < 4.78 is 0. The van der Waals surface area contributed by atoms with Gasteiger partial charge in [-0.3, -0.25) is 29.4 Å². The molecule has 0 aliphatic carbocycles. The number of likely N-dealkylation sites (tertiary alicyclic amines) is 1. The Bertz CT molecular complexity index is 1180. The van der Waals surface area contributed by atoms with Crippen LogP contribution in [0, 0.1) is 11.8 Å². The lowest BCUT2D eigenvalue weighted by Gasteiger charge is -2.29. The molecule has 0 aromatic heterocycles. The molecule has 0 unspecified atom stereocenters. The lowest BCUT2D eigenvalue weighted by atomic mass is 9.76. The highest BCUT2D eigenvalue weighted by atomic mass is 16.2. The molecule has 4 N–H and O–H groups in total. The number of nitrogens with one attached hydrogen (secondary N) is 2. The minimum Gasteiger partial charge on any atom is -0.370 e. The van der Waals surface area contributed by atoms with Crippen molar-refractivity contribution in [3.8, 4) is 0 Å². The standard InChI is InChI=1S/C26H28N4O4/c1-2-15-8-9-18-17(14-15)26(25(34)28-18)22-21(19(29-26)10-11-20(27)31)23(32)30(24(22)33)13-12-16-6-4-3-5-7-16/h3-9,14,19,21-22,29H,2,10-13H2,1H3,(H2,27,31)(H,28,34)/t19-,21+,22-,26-/m0/s1. The molecule has 5 rings (SSSR count). The van der Waals surface area contributed by atoms with Crippen LogP contribution in [0.2, 0.25) is 0 Å². The Labute approximate surface area is 197 Å². The lowest BCUT2D eigenvalue weighted by molar-refractivity contribution is -0.142. The fourth-order valence-corrected chi connectivity index (χ4v) is 5.78. The topological polar surface area (TPSA) is 122 Å². The maximum Gasteiger partial charge on any atom is 0.250 e. The largest absolute Gasteiger partial charge is 0.370 e. The van der Waals surface area contributed by atoms with E-state index in [9.17, 15) is 19.2 Å². The van der Waals surface area contributed by atoms with Gasteiger partial charge >= 0.3 is 0 Å². The van der Waals surface area contributed by atoms with Crippen molar-refractivity contribution < 1.29 is 19.2 Å². The van der Waals surface area contributed by atoms with Crippen molar-refractivity contribution in [2.24, 2.45) is 17.6 Å². The highest BCUT2D eigenvalue weighted by Crippen LogP contribution is 2.53. The minimum absolute atomic E-state index is 0.0614. The Kier molecular flexibility index (Phi) is 5.48. The SMILES string of the molecule is CCc1ccc2c(c1)[C@@]1(N[C@@H](CCC(N)=O)[C@H]3C(=O)N(CCc4ccccc4)C(=O)[C@H]31)C(=O)N2. The van der Waals surface area contributed by atoms with E-state index < -0.39 is 29.3 Å². The molecule has 3 aliphatic rings. The number of hydrogen-bond donors (Lipinski definition) is 3. The molecule has 4 atom stereocenters. The molecule has 2 fully saturated rings. The van der Waals surface area contributed by atoms with Gasteiger partial charge in [0, 0.05) is 30.3 Å². The molecule has 2 saturated heterocycles. The summed E-state index contributed by atoms with van der Waals surface area (Å²) in [7, 11) is 0. The monoisotopic (exact) mass is 460 g/mol. The zero-order chi connectivity index (χ0) is 24.0. The first kappa shape index (κ1) is 22.3. The zero-order valence-electron chi connectivity index (χ0n) is 19.0. The quantitative estimate of drug-likeness (QED) is 0.541. The van der Waals surface area contributed by atoms with Crippen molar-refractivity contribution in [1.82, 2.24) is 10.2 Å². The molecule has 3 aliphatic heterocycles. The van der Waals surface area contributed by atoms with Crippen LogP contribution in [0.3, 0.4) is 0 Å². The fraction of sp³-hybridized carbons (Fsp3) is 0.385. The van der Waals surface area contributed by atoms with Crippen molar-refractivity contribution in [3.63, 3.8) is 0 Å².